The maximum Gasteiger partial charge on any atom is 0.164 e. The third kappa shape index (κ3) is 5.03. The lowest BCUT2D eigenvalue weighted by molar-refractivity contribution is 0.672. The van der Waals surface area contributed by atoms with Gasteiger partial charge in [0.1, 0.15) is 11.2 Å². The SMILES string of the molecule is C1=CC(c2nc(-c3ccccc3)nc(-c3cccc4oc5c6ccccc6c(-c6cccc(-c7cccc8ccccc78)c6)cc5c34)n2)=CCC1. The van der Waals surface area contributed by atoms with Crippen LogP contribution in [0, 0.1) is 0 Å². The smallest absolute Gasteiger partial charge is 0.164 e. The molecule has 51 heavy (non-hydrogen) atoms. The van der Waals surface area contributed by atoms with Gasteiger partial charge in [0.15, 0.2) is 17.5 Å². The van der Waals surface area contributed by atoms with Gasteiger partial charge in [-0.1, -0.05) is 146 Å². The van der Waals surface area contributed by atoms with E-state index in [1.807, 2.05) is 42.5 Å². The summed E-state index contributed by atoms with van der Waals surface area (Å²) in [5, 5.41) is 6.72. The minimum atomic E-state index is 0.625. The number of fused-ring (bicyclic) bond motifs is 6. The fourth-order valence-electron chi connectivity index (χ4n) is 7.53. The fourth-order valence-corrected chi connectivity index (χ4v) is 7.53. The van der Waals surface area contributed by atoms with Crippen molar-refractivity contribution in [3.63, 3.8) is 0 Å². The summed E-state index contributed by atoms with van der Waals surface area (Å²) in [6, 6.07) is 51.2. The van der Waals surface area contributed by atoms with E-state index >= 15 is 0 Å². The number of furan rings is 1. The number of hydrogen-bond acceptors (Lipinski definition) is 4. The largest absolute Gasteiger partial charge is 0.455 e. The van der Waals surface area contributed by atoms with Crippen molar-refractivity contribution < 1.29 is 4.42 Å². The maximum atomic E-state index is 6.73. The Labute approximate surface area is 295 Å². The Balaban J connectivity index is 1.22. The minimum absolute atomic E-state index is 0.625. The number of hydrogen-bond donors (Lipinski definition) is 0. The first kappa shape index (κ1) is 29.3. The molecule has 4 heteroatoms. The summed E-state index contributed by atoms with van der Waals surface area (Å²) in [5.74, 6) is 1.95. The van der Waals surface area contributed by atoms with Crippen LogP contribution in [-0.2, 0) is 0 Å². The van der Waals surface area contributed by atoms with Gasteiger partial charge in [-0.2, -0.15) is 0 Å². The van der Waals surface area contributed by atoms with E-state index in [0.29, 0.717) is 17.5 Å². The van der Waals surface area contributed by atoms with Crippen molar-refractivity contribution in [3.05, 3.63) is 170 Å². The van der Waals surface area contributed by atoms with Crippen LogP contribution >= 0.6 is 0 Å². The molecule has 4 nitrogen and oxygen atoms in total. The molecular weight excluding hydrogens is 623 g/mol. The van der Waals surface area contributed by atoms with Crippen molar-refractivity contribution in [2.24, 2.45) is 0 Å². The van der Waals surface area contributed by atoms with Gasteiger partial charge in [0.05, 0.1) is 0 Å². The number of benzene rings is 7. The highest BCUT2D eigenvalue weighted by Gasteiger charge is 2.21. The van der Waals surface area contributed by atoms with Crippen molar-refractivity contribution >= 4 is 49.1 Å². The first-order chi connectivity index (χ1) is 25.3. The Hall–Kier alpha value is -6.65. The van der Waals surface area contributed by atoms with E-state index in [9.17, 15) is 0 Å². The van der Waals surface area contributed by atoms with E-state index in [0.717, 1.165) is 73.4 Å². The van der Waals surface area contributed by atoms with Crippen LogP contribution in [-0.4, -0.2) is 15.0 Å². The number of nitrogens with zero attached hydrogens (tertiary/aromatic N) is 3. The van der Waals surface area contributed by atoms with E-state index in [-0.39, 0.29) is 0 Å². The fraction of sp³-hybridized carbons (Fsp3) is 0.0426. The highest BCUT2D eigenvalue weighted by atomic mass is 16.3. The van der Waals surface area contributed by atoms with Gasteiger partial charge in [-0.25, -0.2) is 15.0 Å². The molecule has 0 fully saturated rings. The van der Waals surface area contributed by atoms with Gasteiger partial charge in [0, 0.05) is 32.9 Å². The van der Waals surface area contributed by atoms with Crippen LogP contribution in [0.25, 0.3) is 94.1 Å². The number of aromatic nitrogens is 3. The molecule has 10 rings (SSSR count). The second-order valence-corrected chi connectivity index (χ2v) is 13.0. The minimum Gasteiger partial charge on any atom is -0.455 e. The lowest BCUT2D eigenvalue weighted by Gasteiger charge is -2.12. The molecule has 0 saturated carbocycles. The molecule has 2 heterocycles. The standard InChI is InChI=1S/C47H31N3O/c1-3-15-31(16-4-1)45-48-46(32-17-5-2-6-18-32)50-47(49-45)39-26-13-27-42-43(39)41-29-40(37-23-9-10-24-38(37)44(41)51-42)34-21-11-20-33(28-34)36-25-12-19-30-14-7-8-22-35(30)36/h1,3-5,7-29H,2,6H2. The van der Waals surface area contributed by atoms with Crippen molar-refractivity contribution in [2.45, 2.75) is 12.8 Å². The van der Waals surface area contributed by atoms with Crippen molar-refractivity contribution in [1.29, 1.82) is 0 Å². The molecule has 7 aromatic carbocycles. The highest BCUT2D eigenvalue weighted by Crippen LogP contribution is 2.43. The second-order valence-electron chi connectivity index (χ2n) is 13.0. The van der Waals surface area contributed by atoms with Crippen LogP contribution in [0.15, 0.2) is 168 Å². The van der Waals surface area contributed by atoms with Crippen LogP contribution in [0.2, 0.25) is 0 Å². The van der Waals surface area contributed by atoms with Gasteiger partial charge in [-0.15, -0.1) is 0 Å². The molecule has 240 valence electrons. The average molecular weight is 654 g/mol. The predicted octanol–water partition coefficient (Wildman–Crippen LogP) is 12.5. The Morgan fingerprint density at radius 1 is 0.451 bits per heavy atom. The molecule has 1 aliphatic rings. The third-order valence-corrected chi connectivity index (χ3v) is 9.94. The Morgan fingerprint density at radius 3 is 1.98 bits per heavy atom. The topological polar surface area (TPSA) is 51.8 Å². The normalized spacial score (nSPS) is 13.0. The van der Waals surface area contributed by atoms with Crippen molar-refractivity contribution in [3.8, 4) is 45.0 Å². The maximum absolute atomic E-state index is 6.73. The number of rotatable bonds is 5. The van der Waals surface area contributed by atoms with Gasteiger partial charge in [0.2, 0.25) is 0 Å². The first-order valence-corrected chi connectivity index (χ1v) is 17.4. The monoisotopic (exact) mass is 653 g/mol. The van der Waals surface area contributed by atoms with Crippen LogP contribution in [0.4, 0.5) is 0 Å². The number of allylic oxidation sites excluding steroid dienone is 4. The summed E-state index contributed by atoms with van der Waals surface area (Å²) in [5.41, 5.74) is 9.25. The molecule has 0 N–H and O–H groups in total. The average Bonchev–Trinajstić information content (AvgIpc) is 3.60. The molecule has 0 bridgehead atoms. The van der Waals surface area contributed by atoms with Crippen LogP contribution in [0.5, 0.6) is 0 Å². The van der Waals surface area contributed by atoms with Crippen LogP contribution < -0.4 is 0 Å². The molecule has 0 spiro atoms. The molecular formula is C47H31N3O. The van der Waals surface area contributed by atoms with Crippen LogP contribution in [0.1, 0.15) is 18.7 Å². The zero-order chi connectivity index (χ0) is 33.7. The summed E-state index contributed by atoms with van der Waals surface area (Å²) in [6.07, 6.45) is 8.51. The van der Waals surface area contributed by atoms with Crippen molar-refractivity contribution in [1.82, 2.24) is 15.0 Å². The third-order valence-electron chi connectivity index (χ3n) is 9.94. The first-order valence-electron chi connectivity index (χ1n) is 17.4. The molecule has 2 aromatic heterocycles. The van der Waals surface area contributed by atoms with E-state index in [1.54, 1.807) is 0 Å². The van der Waals surface area contributed by atoms with E-state index in [2.05, 4.69) is 121 Å². The molecule has 0 aliphatic heterocycles. The van der Waals surface area contributed by atoms with Gasteiger partial charge < -0.3 is 4.42 Å². The van der Waals surface area contributed by atoms with E-state index < -0.39 is 0 Å². The summed E-state index contributed by atoms with van der Waals surface area (Å²) in [4.78, 5) is 15.2. The molecule has 0 saturated heterocycles. The van der Waals surface area contributed by atoms with Crippen LogP contribution in [0.3, 0.4) is 0 Å². The second kappa shape index (κ2) is 12.0. The lowest BCUT2D eigenvalue weighted by Crippen LogP contribution is -2.03. The summed E-state index contributed by atoms with van der Waals surface area (Å²) >= 11 is 0. The van der Waals surface area contributed by atoms with Gasteiger partial charge in [0.25, 0.3) is 0 Å². The Kier molecular flexibility index (Phi) is 6.91. The lowest BCUT2D eigenvalue weighted by atomic mass is 9.91. The zero-order valence-corrected chi connectivity index (χ0v) is 27.8. The van der Waals surface area contributed by atoms with Gasteiger partial charge in [-0.3, -0.25) is 0 Å². The van der Waals surface area contributed by atoms with Gasteiger partial charge >= 0.3 is 0 Å². The Morgan fingerprint density at radius 2 is 1.12 bits per heavy atom. The Bertz CT molecular complexity index is 2860. The molecule has 1 aliphatic carbocycles. The van der Waals surface area contributed by atoms with E-state index in [1.165, 1.54) is 21.9 Å². The quantitative estimate of drug-likeness (QED) is 0.185. The van der Waals surface area contributed by atoms with Crippen molar-refractivity contribution in [2.75, 3.05) is 0 Å². The predicted molar refractivity (Wildman–Crippen MR) is 210 cm³/mol. The van der Waals surface area contributed by atoms with E-state index in [4.69, 9.17) is 19.4 Å². The molecule has 0 radical (unpaired) electrons. The molecule has 0 unspecified atom stereocenters. The van der Waals surface area contributed by atoms with Gasteiger partial charge in [-0.05, 0) is 69.5 Å². The molecule has 9 aromatic rings. The molecule has 0 amide bonds. The molecule has 0 atom stereocenters. The summed E-state index contributed by atoms with van der Waals surface area (Å²) in [7, 11) is 0. The zero-order valence-electron chi connectivity index (χ0n) is 27.8. The summed E-state index contributed by atoms with van der Waals surface area (Å²) in [6.45, 7) is 0. The summed E-state index contributed by atoms with van der Waals surface area (Å²) < 4.78 is 6.73. The highest BCUT2D eigenvalue weighted by molar-refractivity contribution is 6.22.